The molecule has 0 aliphatic carbocycles. The molecule has 1 saturated heterocycles. The molecular formula is C12H20N2O5. The molecule has 19 heavy (non-hydrogen) atoms. The number of nitrogens with one attached hydrogen (secondary N) is 1. The summed E-state index contributed by atoms with van der Waals surface area (Å²) >= 11 is 0. The van der Waals surface area contributed by atoms with E-state index in [4.69, 9.17) is 5.11 Å². The number of carbonyl (C=O) groups excluding carboxylic acids is 2. The number of methoxy groups -OCH3 is 1. The van der Waals surface area contributed by atoms with Crippen molar-refractivity contribution in [2.24, 2.45) is 5.92 Å². The maximum Gasteiger partial charge on any atom is 0.407 e. The lowest BCUT2D eigenvalue weighted by molar-refractivity contribution is -0.141. The van der Waals surface area contributed by atoms with E-state index in [9.17, 15) is 14.4 Å². The van der Waals surface area contributed by atoms with E-state index < -0.39 is 12.1 Å². The first-order valence-electron chi connectivity index (χ1n) is 6.30. The molecule has 2 N–H and O–H groups in total. The van der Waals surface area contributed by atoms with Gasteiger partial charge in [0.25, 0.3) is 0 Å². The Kier molecular flexibility index (Phi) is 5.59. The van der Waals surface area contributed by atoms with E-state index in [1.165, 1.54) is 7.11 Å². The van der Waals surface area contributed by atoms with Crippen molar-refractivity contribution in [2.45, 2.75) is 32.2 Å². The van der Waals surface area contributed by atoms with Crippen LogP contribution in [-0.4, -0.2) is 54.2 Å². The summed E-state index contributed by atoms with van der Waals surface area (Å²) in [6.45, 7) is 2.59. The molecule has 0 saturated carbocycles. The standard InChI is InChI=1S/C12H20N2O5/c1-3-10(15)14-6-8(5-11(16)17)4-9(7-14)13-12(18)19-2/h8-9H,3-7H2,1-2H3,(H,13,18)(H,16,17). The highest BCUT2D eigenvalue weighted by Gasteiger charge is 2.31. The third kappa shape index (κ3) is 4.76. The molecule has 1 aliphatic heterocycles. The summed E-state index contributed by atoms with van der Waals surface area (Å²) in [5.74, 6) is -1.08. The van der Waals surface area contributed by atoms with Crippen LogP contribution in [0.15, 0.2) is 0 Å². The van der Waals surface area contributed by atoms with Crippen LogP contribution in [0.1, 0.15) is 26.2 Å². The normalized spacial score (nSPS) is 22.7. The van der Waals surface area contributed by atoms with Crippen LogP contribution in [0.4, 0.5) is 4.79 Å². The molecule has 108 valence electrons. The lowest BCUT2D eigenvalue weighted by atomic mass is 9.91. The van der Waals surface area contributed by atoms with Crippen LogP contribution < -0.4 is 5.32 Å². The number of hydrogen-bond donors (Lipinski definition) is 2. The number of amides is 2. The highest BCUT2D eigenvalue weighted by molar-refractivity contribution is 5.76. The fourth-order valence-electron chi connectivity index (χ4n) is 2.36. The Bertz CT molecular complexity index is 358. The van der Waals surface area contributed by atoms with Gasteiger partial charge in [0.15, 0.2) is 0 Å². The van der Waals surface area contributed by atoms with E-state index in [-0.39, 0.29) is 24.3 Å². The van der Waals surface area contributed by atoms with Crippen molar-refractivity contribution in [2.75, 3.05) is 20.2 Å². The molecule has 0 aromatic heterocycles. The van der Waals surface area contributed by atoms with Crippen LogP contribution in [0.25, 0.3) is 0 Å². The highest BCUT2D eigenvalue weighted by atomic mass is 16.5. The number of aliphatic carboxylic acids is 1. The molecule has 7 heteroatoms. The predicted molar refractivity (Wildman–Crippen MR) is 66.6 cm³/mol. The van der Waals surface area contributed by atoms with E-state index in [1.54, 1.807) is 11.8 Å². The van der Waals surface area contributed by atoms with E-state index in [0.717, 1.165) is 0 Å². The van der Waals surface area contributed by atoms with E-state index in [0.29, 0.717) is 25.9 Å². The first-order chi connectivity index (χ1) is 8.96. The van der Waals surface area contributed by atoms with Crippen molar-refractivity contribution in [3.8, 4) is 0 Å². The Labute approximate surface area is 111 Å². The molecule has 0 aromatic carbocycles. The maximum absolute atomic E-state index is 11.7. The summed E-state index contributed by atoms with van der Waals surface area (Å²) in [5.41, 5.74) is 0. The lowest BCUT2D eigenvalue weighted by Gasteiger charge is -2.37. The zero-order valence-corrected chi connectivity index (χ0v) is 11.2. The fourth-order valence-corrected chi connectivity index (χ4v) is 2.36. The number of alkyl carbamates (subject to hydrolysis) is 1. The predicted octanol–water partition coefficient (Wildman–Crippen LogP) is 0.444. The molecule has 0 spiro atoms. The molecule has 1 rings (SSSR count). The number of carboxylic acids is 1. The second-order valence-electron chi connectivity index (χ2n) is 4.68. The summed E-state index contributed by atoms with van der Waals surface area (Å²) in [6, 6.07) is -0.263. The SMILES string of the molecule is CCC(=O)N1CC(CC(=O)O)CC(NC(=O)OC)C1. The van der Waals surface area contributed by atoms with Crippen molar-refractivity contribution >= 4 is 18.0 Å². The Morgan fingerprint density at radius 2 is 2.05 bits per heavy atom. The third-order valence-electron chi connectivity index (χ3n) is 3.16. The molecule has 0 aromatic rings. The Morgan fingerprint density at radius 3 is 2.58 bits per heavy atom. The average molecular weight is 272 g/mol. The number of ether oxygens (including phenoxy) is 1. The number of hydrogen-bond acceptors (Lipinski definition) is 4. The molecule has 0 radical (unpaired) electrons. The van der Waals surface area contributed by atoms with Gasteiger partial charge in [0.1, 0.15) is 0 Å². The van der Waals surface area contributed by atoms with Gasteiger partial charge in [-0.25, -0.2) is 4.79 Å². The van der Waals surface area contributed by atoms with Gasteiger partial charge in [-0.1, -0.05) is 6.92 Å². The topological polar surface area (TPSA) is 95.9 Å². The molecule has 2 amide bonds. The maximum atomic E-state index is 11.7. The van der Waals surface area contributed by atoms with Gasteiger partial charge in [-0.05, 0) is 12.3 Å². The smallest absolute Gasteiger partial charge is 0.407 e. The van der Waals surface area contributed by atoms with Gasteiger partial charge in [0.05, 0.1) is 13.2 Å². The van der Waals surface area contributed by atoms with E-state index in [1.807, 2.05) is 0 Å². The number of rotatable bonds is 4. The molecule has 1 heterocycles. The number of likely N-dealkylation sites (tertiary alicyclic amines) is 1. The van der Waals surface area contributed by atoms with Crippen LogP contribution in [0.5, 0.6) is 0 Å². The van der Waals surface area contributed by atoms with Crippen LogP contribution in [0.3, 0.4) is 0 Å². The molecular weight excluding hydrogens is 252 g/mol. The van der Waals surface area contributed by atoms with Gasteiger partial charge < -0.3 is 20.1 Å². The summed E-state index contributed by atoms with van der Waals surface area (Å²) in [7, 11) is 1.27. The van der Waals surface area contributed by atoms with Crippen molar-refractivity contribution in [1.82, 2.24) is 10.2 Å². The minimum absolute atomic E-state index is 0.00710. The zero-order chi connectivity index (χ0) is 14.4. The van der Waals surface area contributed by atoms with Gasteiger partial charge >= 0.3 is 12.1 Å². The lowest BCUT2D eigenvalue weighted by Crippen LogP contribution is -2.52. The number of piperidine rings is 1. The van der Waals surface area contributed by atoms with Crippen LogP contribution in [-0.2, 0) is 14.3 Å². The van der Waals surface area contributed by atoms with Gasteiger partial charge in [0, 0.05) is 25.9 Å². The quantitative estimate of drug-likeness (QED) is 0.774. The monoisotopic (exact) mass is 272 g/mol. The number of carboxylic acid groups (broad SMARTS) is 1. The summed E-state index contributed by atoms with van der Waals surface area (Å²) in [6.07, 6.45) is 0.330. The summed E-state index contributed by atoms with van der Waals surface area (Å²) in [5, 5.41) is 11.5. The average Bonchev–Trinajstić information content (AvgIpc) is 2.36. The van der Waals surface area contributed by atoms with Crippen LogP contribution >= 0.6 is 0 Å². The van der Waals surface area contributed by atoms with Crippen molar-refractivity contribution in [3.63, 3.8) is 0 Å². The molecule has 2 unspecified atom stereocenters. The largest absolute Gasteiger partial charge is 0.481 e. The first kappa shape index (κ1) is 15.3. The minimum Gasteiger partial charge on any atom is -0.481 e. The molecule has 2 atom stereocenters. The van der Waals surface area contributed by atoms with Crippen LogP contribution in [0.2, 0.25) is 0 Å². The zero-order valence-electron chi connectivity index (χ0n) is 11.2. The molecule has 7 nitrogen and oxygen atoms in total. The fraction of sp³-hybridized carbons (Fsp3) is 0.750. The van der Waals surface area contributed by atoms with Gasteiger partial charge in [0.2, 0.25) is 5.91 Å². The van der Waals surface area contributed by atoms with Crippen molar-refractivity contribution in [1.29, 1.82) is 0 Å². The summed E-state index contributed by atoms with van der Waals surface area (Å²) in [4.78, 5) is 35.3. The number of carbonyl (C=O) groups is 3. The van der Waals surface area contributed by atoms with E-state index >= 15 is 0 Å². The molecule has 1 aliphatic rings. The summed E-state index contributed by atoms with van der Waals surface area (Å²) < 4.78 is 4.52. The van der Waals surface area contributed by atoms with E-state index in [2.05, 4.69) is 10.1 Å². The van der Waals surface area contributed by atoms with Gasteiger partial charge in [-0.3, -0.25) is 9.59 Å². The van der Waals surface area contributed by atoms with Gasteiger partial charge in [-0.15, -0.1) is 0 Å². The Morgan fingerprint density at radius 1 is 1.37 bits per heavy atom. The van der Waals surface area contributed by atoms with Crippen molar-refractivity contribution < 1.29 is 24.2 Å². The second kappa shape index (κ2) is 6.96. The highest BCUT2D eigenvalue weighted by Crippen LogP contribution is 2.21. The first-order valence-corrected chi connectivity index (χ1v) is 6.30. The van der Waals surface area contributed by atoms with Crippen molar-refractivity contribution in [3.05, 3.63) is 0 Å². The Balaban J connectivity index is 2.68. The molecule has 1 fully saturated rings. The number of nitrogens with zero attached hydrogens (tertiary/aromatic N) is 1. The second-order valence-corrected chi connectivity index (χ2v) is 4.68. The Hall–Kier alpha value is -1.79. The third-order valence-corrected chi connectivity index (χ3v) is 3.16. The molecule has 0 bridgehead atoms. The minimum atomic E-state index is -0.896. The van der Waals surface area contributed by atoms with Gasteiger partial charge in [-0.2, -0.15) is 0 Å². The van der Waals surface area contributed by atoms with Crippen LogP contribution in [0, 0.1) is 5.92 Å².